The Morgan fingerprint density at radius 2 is 2.21 bits per heavy atom. The van der Waals surface area contributed by atoms with Gasteiger partial charge >= 0.3 is 6.18 Å². The highest BCUT2D eigenvalue weighted by Gasteiger charge is 2.45. The molecule has 1 atom stereocenters. The van der Waals surface area contributed by atoms with Crippen LogP contribution in [0.1, 0.15) is 0 Å². The molecule has 1 N–H and O–H groups in total. The van der Waals surface area contributed by atoms with Crippen LogP contribution in [0.4, 0.5) is 13.2 Å². The van der Waals surface area contributed by atoms with E-state index in [4.69, 9.17) is 0 Å². The summed E-state index contributed by atoms with van der Waals surface area (Å²) < 4.78 is 36.4. The fraction of sp³-hybridized carbons (Fsp3) is 0.750. The summed E-state index contributed by atoms with van der Waals surface area (Å²) in [6.45, 7) is 4.79. The predicted molar refractivity (Wildman–Crippen MR) is 44.6 cm³/mol. The van der Waals surface area contributed by atoms with E-state index in [1.807, 2.05) is 0 Å². The van der Waals surface area contributed by atoms with Crippen molar-refractivity contribution in [1.82, 2.24) is 10.2 Å². The van der Waals surface area contributed by atoms with Crippen LogP contribution in [-0.2, 0) is 4.79 Å². The molecule has 1 fully saturated rings. The van der Waals surface area contributed by atoms with Gasteiger partial charge in [-0.2, -0.15) is 13.2 Å². The van der Waals surface area contributed by atoms with Crippen LogP contribution in [0.5, 0.6) is 0 Å². The van der Waals surface area contributed by atoms with Crippen molar-refractivity contribution in [3.8, 4) is 0 Å². The second-order valence-electron chi connectivity index (χ2n) is 3.12. The number of nitrogens with one attached hydrogen (secondary N) is 1. The van der Waals surface area contributed by atoms with Crippen LogP contribution >= 0.6 is 0 Å². The van der Waals surface area contributed by atoms with Crippen molar-refractivity contribution in [3.05, 3.63) is 6.92 Å². The second kappa shape index (κ2) is 4.27. The Kier molecular flexibility index (Phi) is 3.49. The highest BCUT2D eigenvalue weighted by Crippen LogP contribution is 2.20. The molecule has 1 aliphatic heterocycles. The Labute approximate surface area is 80.3 Å². The normalized spacial score (nSPS) is 25.0. The van der Waals surface area contributed by atoms with E-state index in [1.54, 1.807) is 0 Å². The highest BCUT2D eigenvalue weighted by atomic mass is 19.4. The van der Waals surface area contributed by atoms with Crippen LogP contribution in [0.3, 0.4) is 0 Å². The number of rotatable bonds is 2. The average Bonchev–Trinajstić information content (AvgIpc) is 2.15. The van der Waals surface area contributed by atoms with Gasteiger partial charge in [-0.05, 0) is 13.5 Å². The summed E-state index contributed by atoms with van der Waals surface area (Å²) in [6, 6.07) is -1.11. The maximum Gasteiger partial charge on any atom is 0.451 e. The number of nitrogens with zero attached hydrogens (tertiary/aromatic N) is 1. The minimum Gasteiger partial charge on any atom is -0.313 e. The Morgan fingerprint density at radius 1 is 1.57 bits per heavy atom. The number of hydrogen-bond donors (Lipinski definition) is 1. The molecule has 1 unspecified atom stereocenters. The maximum absolute atomic E-state index is 12.1. The summed E-state index contributed by atoms with van der Waals surface area (Å²) in [4.78, 5) is 12.4. The number of Topliss-reactive ketones (excluding diaryl/α,β-unsaturated/α-hetero) is 1. The molecule has 0 aromatic heterocycles. The molecule has 6 heteroatoms. The minimum absolute atomic E-state index is 0.0495. The third-order valence-corrected chi connectivity index (χ3v) is 2.22. The SMILES string of the molecule is [CH2]CN1CCNCC1C(=O)C(F)(F)F. The predicted octanol–water partition coefficient (Wildman–Crippen LogP) is 0.226. The van der Waals surface area contributed by atoms with Crippen LogP contribution in [-0.4, -0.2) is 49.1 Å². The van der Waals surface area contributed by atoms with Gasteiger partial charge in [0, 0.05) is 19.6 Å². The lowest BCUT2D eigenvalue weighted by atomic mass is 10.1. The number of ketones is 1. The van der Waals surface area contributed by atoms with Gasteiger partial charge in [0.05, 0.1) is 6.04 Å². The van der Waals surface area contributed by atoms with Crippen molar-refractivity contribution in [2.45, 2.75) is 12.2 Å². The van der Waals surface area contributed by atoms with E-state index in [0.717, 1.165) is 0 Å². The van der Waals surface area contributed by atoms with Crippen molar-refractivity contribution in [1.29, 1.82) is 0 Å². The first kappa shape index (κ1) is 11.5. The van der Waals surface area contributed by atoms with Crippen LogP contribution in [0, 0.1) is 6.92 Å². The zero-order valence-electron chi connectivity index (χ0n) is 7.60. The standard InChI is InChI=1S/C8H12F3N2O/c1-2-13-4-3-12-5-6(13)7(14)8(9,10)11/h6,12H,1-5H2. The molecule has 1 radical (unpaired) electrons. The highest BCUT2D eigenvalue weighted by molar-refractivity contribution is 5.89. The molecule has 0 bridgehead atoms. The molecular weight excluding hydrogens is 197 g/mol. The molecule has 81 valence electrons. The summed E-state index contributed by atoms with van der Waals surface area (Å²) in [5.41, 5.74) is 0. The van der Waals surface area contributed by atoms with Gasteiger partial charge in [-0.3, -0.25) is 9.69 Å². The van der Waals surface area contributed by atoms with E-state index in [1.165, 1.54) is 4.90 Å². The van der Waals surface area contributed by atoms with E-state index in [9.17, 15) is 18.0 Å². The summed E-state index contributed by atoms with van der Waals surface area (Å²) in [5, 5.41) is 2.76. The third-order valence-electron chi connectivity index (χ3n) is 2.22. The molecule has 0 amide bonds. The van der Waals surface area contributed by atoms with Crippen molar-refractivity contribution in [2.24, 2.45) is 0 Å². The van der Waals surface area contributed by atoms with E-state index >= 15 is 0 Å². The molecule has 14 heavy (non-hydrogen) atoms. The van der Waals surface area contributed by atoms with Crippen molar-refractivity contribution in [2.75, 3.05) is 26.2 Å². The van der Waals surface area contributed by atoms with Crippen molar-refractivity contribution < 1.29 is 18.0 Å². The van der Waals surface area contributed by atoms with E-state index in [-0.39, 0.29) is 13.1 Å². The zero-order chi connectivity index (χ0) is 10.8. The van der Waals surface area contributed by atoms with E-state index < -0.39 is 18.0 Å². The lowest BCUT2D eigenvalue weighted by molar-refractivity contribution is -0.177. The molecule has 0 saturated carbocycles. The third kappa shape index (κ3) is 2.45. The summed E-state index contributed by atoms with van der Waals surface area (Å²) in [5.74, 6) is -1.69. The second-order valence-corrected chi connectivity index (χ2v) is 3.12. The number of hydrogen-bond acceptors (Lipinski definition) is 3. The van der Waals surface area contributed by atoms with Crippen LogP contribution in [0.15, 0.2) is 0 Å². The first-order valence-electron chi connectivity index (χ1n) is 4.32. The van der Waals surface area contributed by atoms with Gasteiger partial charge in [-0.15, -0.1) is 0 Å². The first-order valence-corrected chi connectivity index (χ1v) is 4.32. The van der Waals surface area contributed by atoms with Crippen LogP contribution in [0.2, 0.25) is 0 Å². The Bertz CT molecular complexity index is 217. The van der Waals surface area contributed by atoms with Gasteiger partial charge in [0.15, 0.2) is 0 Å². The largest absolute Gasteiger partial charge is 0.451 e. The molecule has 1 saturated heterocycles. The smallest absolute Gasteiger partial charge is 0.313 e. The van der Waals surface area contributed by atoms with Gasteiger partial charge in [-0.1, -0.05) is 0 Å². The number of carbonyl (C=O) groups is 1. The van der Waals surface area contributed by atoms with Gasteiger partial charge in [0.25, 0.3) is 5.78 Å². The molecule has 0 aromatic rings. The van der Waals surface area contributed by atoms with Crippen LogP contribution < -0.4 is 5.32 Å². The first-order chi connectivity index (χ1) is 6.46. The number of halogens is 3. The lowest BCUT2D eigenvalue weighted by Crippen LogP contribution is -2.57. The summed E-state index contributed by atoms with van der Waals surface area (Å²) >= 11 is 0. The molecule has 0 aliphatic carbocycles. The van der Waals surface area contributed by atoms with E-state index in [2.05, 4.69) is 12.2 Å². The van der Waals surface area contributed by atoms with E-state index in [0.29, 0.717) is 13.1 Å². The molecule has 1 rings (SSSR count). The monoisotopic (exact) mass is 209 g/mol. The van der Waals surface area contributed by atoms with Gasteiger partial charge in [-0.25, -0.2) is 0 Å². The number of alkyl halides is 3. The number of carbonyl (C=O) groups excluding carboxylic acids is 1. The Hall–Kier alpha value is -0.620. The summed E-state index contributed by atoms with van der Waals surface area (Å²) in [6.07, 6.45) is -4.75. The molecule has 0 spiro atoms. The maximum atomic E-state index is 12.1. The molecule has 1 heterocycles. The lowest BCUT2D eigenvalue weighted by Gasteiger charge is -2.34. The average molecular weight is 209 g/mol. The quantitative estimate of drug-likeness (QED) is 0.706. The molecule has 3 nitrogen and oxygen atoms in total. The molecular formula is C8H12F3N2O. The van der Waals surface area contributed by atoms with Gasteiger partial charge in [0.2, 0.25) is 0 Å². The topological polar surface area (TPSA) is 32.3 Å². The fourth-order valence-electron chi connectivity index (χ4n) is 1.46. The molecule has 1 aliphatic rings. The molecule has 0 aromatic carbocycles. The Morgan fingerprint density at radius 3 is 2.71 bits per heavy atom. The van der Waals surface area contributed by atoms with Crippen molar-refractivity contribution >= 4 is 5.78 Å². The minimum atomic E-state index is -4.75. The zero-order valence-corrected chi connectivity index (χ0v) is 7.60. The van der Waals surface area contributed by atoms with Gasteiger partial charge in [0.1, 0.15) is 0 Å². The fourth-order valence-corrected chi connectivity index (χ4v) is 1.46. The summed E-state index contributed by atoms with van der Waals surface area (Å²) in [7, 11) is 0. The van der Waals surface area contributed by atoms with Crippen molar-refractivity contribution in [3.63, 3.8) is 0 Å². The number of piperazine rings is 1. The van der Waals surface area contributed by atoms with Crippen LogP contribution in [0.25, 0.3) is 0 Å². The van der Waals surface area contributed by atoms with Gasteiger partial charge < -0.3 is 5.32 Å². The Balaban J connectivity index is 2.69.